The van der Waals surface area contributed by atoms with E-state index < -0.39 is 0 Å². The van der Waals surface area contributed by atoms with Crippen LogP contribution in [0.2, 0.25) is 0 Å². The van der Waals surface area contributed by atoms with Crippen molar-refractivity contribution in [3.63, 3.8) is 0 Å². The molecule has 0 heterocycles. The third-order valence-corrected chi connectivity index (χ3v) is 3.13. The van der Waals surface area contributed by atoms with Crippen molar-refractivity contribution < 1.29 is 9.53 Å². The Kier molecular flexibility index (Phi) is 4.52. The SMILES string of the molecule is COc1cc(C)cc(C)c1C(=O)CC(C)(C)CN. The van der Waals surface area contributed by atoms with Gasteiger partial charge in [-0.05, 0) is 43.0 Å². The number of rotatable bonds is 5. The zero-order chi connectivity index (χ0) is 13.9. The standard InChI is InChI=1S/C15H23NO2/c1-10-6-11(2)14(13(7-10)18-5)12(17)8-15(3,4)9-16/h6-7H,8-9,16H2,1-5H3. The fourth-order valence-corrected chi connectivity index (χ4v) is 2.04. The zero-order valence-electron chi connectivity index (χ0n) is 12.0. The van der Waals surface area contributed by atoms with Crippen LogP contribution in [-0.4, -0.2) is 19.4 Å². The van der Waals surface area contributed by atoms with Crippen LogP contribution in [0, 0.1) is 19.3 Å². The number of Topliss-reactive ketones (excluding diaryl/α,β-unsaturated/α-hetero) is 1. The van der Waals surface area contributed by atoms with Crippen LogP contribution in [0.1, 0.15) is 41.8 Å². The van der Waals surface area contributed by atoms with Crippen molar-refractivity contribution in [3.05, 3.63) is 28.8 Å². The van der Waals surface area contributed by atoms with E-state index in [-0.39, 0.29) is 11.2 Å². The highest BCUT2D eigenvalue weighted by Crippen LogP contribution is 2.29. The maximum atomic E-state index is 12.4. The maximum Gasteiger partial charge on any atom is 0.167 e. The first-order valence-electron chi connectivity index (χ1n) is 6.19. The second kappa shape index (κ2) is 5.53. The van der Waals surface area contributed by atoms with Crippen molar-refractivity contribution in [3.8, 4) is 5.75 Å². The van der Waals surface area contributed by atoms with Gasteiger partial charge < -0.3 is 10.5 Å². The fourth-order valence-electron chi connectivity index (χ4n) is 2.04. The van der Waals surface area contributed by atoms with Crippen LogP contribution in [-0.2, 0) is 0 Å². The van der Waals surface area contributed by atoms with Crippen LogP contribution in [0.3, 0.4) is 0 Å². The van der Waals surface area contributed by atoms with E-state index in [2.05, 4.69) is 0 Å². The largest absolute Gasteiger partial charge is 0.496 e. The lowest BCUT2D eigenvalue weighted by molar-refractivity contribution is 0.0931. The summed E-state index contributed by atoms with van der Waals surface area (Å²) >= 11 is 0. The summed E-state index contributed by atoms with van der Waals surface area (Å²) in [5.74, 6) is 0.755. The van der Waals surface area contributed by atoms with Crippen LogP contribution in [0.25, 0.3) is 0 Å². The molecule has 0 aliphatic rings. The molecule has 0 aromatic heterocycles. The molecule has 0 aliphatic heterocycles. The average molecular weight is 249 g/mol. The molecule has 18 heavy (non-hydrogen) atoms. The number of methoxy groups -OCH3 is 1. The number of hydrogen-bond acceptors (Lipinski definition) is 3. The van der Waals surface area contributed by atoms with Crippen molar-refractivity contribution >= 4 is 5.78 Å². The molecule has 0 saturated heterocycles. The molecule has 2 N–H and O–H groups in total. The van der Waals surface area contributed by atoms with E-state index in [1.54, 1.807) is 7.11 Å². The lowest BCUT2D eigenvalue weighted by atomic mass is 9.84. The van der Waals surface area contributed by atoms with Crippen molar-refractivity contribution in [1.29, 1.82) is 0 Å². The predicted molar refractivity (Wildman–Crippen MR) is 74.3 cm³/mol. The Morgan fingerprint density at radius 2 is 1.94 bits per heavy atom. The smallest absolute Gasteiger partial charge is 0.167 e. The van der Waals surface area contributed by atoms with Crippen molar-refractivity contribution in [2.24, 2.45) is 11.1 Å². The van der Waals surface area contributed by atoms with Crippen molar-refractivity contribution in [2.75, 3.05) is 13.7 Å². The number of aryl methyl sites for hydroxylation is 2. The third kappa shape index (κ3) is 3.33. The molecule has 0 fully saturated rings. The van der Waals surface area contributed by atoms with Crippen LogP contribution in [0.5, 0.6) is 5.75 Å². The lowest BCUT2D eigenvalue weighted by Gasteiger charge is -2.22. The minimum absolute atomic E-state index is 0.0970. The minimum atomic E-state index is -0.181. The first-order valence-corrected chi connectivity index (χ1v) is 6.19. The van der Waals surface area contributed by atoms with Gasteiger partial charge in [0.1, 0.15) is 5.75 Å². The molecule has 0 radical (unpaired) electrons. The molecule has 0 saturated carbocycles. The summed E-state index contributed by atoms with van der Waals surface area (Å²) in [7, 11) is 1.60. The first-order chi connectivity index (χ1) is 8.30. The van der Waals surface area contributed by atoms with E-state index in [4.69, 9.17) is 10.5 Å². The molecular formula is C15H23NO2. The predicted octanol–water partition coefficient (Wildman–Crippen LogP) is 2.87. The summed E-state index contributed by atoms with van der Waals surface area (Å²) in [6, 6.07) is 3.90. The quantitative estimate of drug-likeness (QED) is 0.816. The number of ketones is 1. The van der Waals surface area contributed by atoms with E-state index in [1.165, 1.54) is 0 Å². The molecule has 1 aromatic rings. The number of benzene rings is 1. The summed E-state index contributed by atoms with van der Waals surface area (Å²) in [5, 5.41) is 0. The molecular weight excluding hydrogens is 226 g/mol. The van der Waals surface area contributed by atoms with Gasteiger partial charge in [0.2, 0.25) is 0 Å². The molecule has 0 atom stereocenters. The molecule has 0 amide bonds. The Labute approximate surface area is 109 Å². The van der Waals surface area contributed by atoms with Gasteiger partial charge in [0.15, 0.2) is 5.78 Å². The van der Waals surface area contributed by atoms with E-state index >= 15 is 0 Å². The van der Waals surface area contributed by atoms with Crippen molar-refractivity contribution in [1.82, 2.24) is 0 Å². The average Bonchev–Trinajstić information content (AvgIpc) is 2.26. The molecule has 1 rings (SSSR count). The van der Waals surface area contributed by atoms with Crippen LogP contribution in [0.4, 0.5) is 0 Å². The van der Waals surface area contributed by atoms with Crippen LogP contribution < -0.4 is 10.5 Å². The third-order valence-electron chi connectivity index (χ3n) is 3.13. The molecule has 0 spiro atoms. The van der Waals surface area contributed by atoms with Gasteiger partial charge in [0.25, 0.3) is 0 Å². The Morgan fingerprint density at radius 3 is 2.44 bits per heavy atom. The molecule has 0 aliphatic carbocycles. The molecule has 100 valence electrons. The molecule has 3 nitrogen and oxygen atoms in total. The van der Waals surface area contributed by atoms with E-state index in [0.717, 1.165) is 11.1 Å². The fraction of sp³-hybridized carbons (Fsp3) is 0.533. The summed E-state index contributed by atoms with van der Waals surface area (Å²) < 4.78 is 5.32. The Morgan fingerprint density at radius 1 is 1.33 bits per heavy atom. The number of nitrogens with two attached hydrogens (primary N) is 1. The number of carbonyl (C=O) groups excluding carboxylic acids is 1. The molecule has 0 bridgehead atoms. The van der Waals surface area contributed by atoms with E-state index in [9.17, 15) is 4.79 Å². The van der Waals surface area contributed by atoms with Gasteiger partial charge in [-0.15, -0.1) is 0 Å². The second-order valence-corrected chi connectivity index (χ2v) is 5.63. The Bertz CT molecular complexity index is 450. The van der Waals surface area contributed by atoms with E-state index in [0.29, 0.717) is 24.3 Å². The van der Waals surface area contributed by atoms with Crippen molar-refractivity contribution in [2.45, 2.75) is 34.1 Å². The van der Waals surface area contributed by atoms with E-state index in [1.807, 2.05) is 39.8 Å². The summed E-state index contributed by atoms with van der Waals surface area (Å²) in [4.78, 5) is 12.4. The Balaban J connectivity index is 3.13. The van der Waals surface area contributed by atoms with Gasteiger partial charge in [0.05, 0.1) is 12.7 Å². The van der Waals surface area contributed by atoms with Crippen LogP contribution >= 0.6 is 0 Å². The maximum absolute atomic E-state index is 12.4. The Hall–Kier alpha value is -1.35. The first kappa shape index (κ1) is 14.7. The topological polar surface area (TPSA) is 52.3 Å². The molecule has 3 heteroatoms. The molecule has 0 unspecified atom stereocenters. The molecule has 1 aromatic carbocycles. The summed E-state index contributed by atoms with van der Waals surface area (Å²) in [6.45, 7) is 8.43. The number of ether oxygens (including phenoxy) is 1. The number of hydrogen-bond donors (Lipinski definition) is 1. The van der Waals surface area contributed by atoms with Gasteiger partial charge in [-0.25, -0.2) is 0 Å². The van der Waals surface area contributed by atoms with Gasteiger partial charge in [-0.2, -0.15) is 0 Å². The van der Waals surface area contributed by atoms with Gasteiger partial charge in [-0.3, -0.25) is 4.79 Å². The number of carbonyl (C=O) groups is 1. The van der Waals surface area contributed by atoms with Gasteiger partial charge in [-0.1, -0.05) is 19.9 Å². The zero-order valence-corrected chi connectivity index (χ0v) is 12.0. The highest BCUT2D eigenvalue weighted by Gasteiger charge is 2.24. The van der Waals surface area contributed by atoms with Gasteiger partial charge >= 0.3 is 0 Å². The van der Waals surface area contributed by atoms with Crippen LogP contribution in [0.15, 0.2) is 12.1 Å². The lowest BCUT2D eigenvalue weighted by Crippen LogP contribution is -2.27. The summed E-state index contributed by atoms with van der Waals surface area (Å²) in [5.41, 5.74) is 8.24. The van der Waals surface area contributed by atoms with Gasteiger partial charge in [0, 0.05) is 6.42 Å². The summed E-state index contributed by atoms with van der Waals surface area (Å²) in [6.07, 6.45) is 0.434. The highest BCUT2D eigenvalue weighted by molar-refractivity contribution is 6.00. The highest BCUT2D eigenvalue weighted by atomic mass is 16.5. The minimum Gasteiger partial charge on any atom is -0.496 e. The monoisotopic (exact) mass is 249 g/mol. The second-order valence-electron chi connectivity index (χ2n) is 5.63. The normalized spacial score (nSPS) is 11.4.